The standard InChI is InChI=1S/C12H10N2O2/c1-12(2)6-5-9-10(14-15)4-3-8(7-13)11(9)16-12/h3-6H,1-2H3. The summed E-state index contributed by atoms with van der Waals surface area (Å²) in [6, 6.07) is 5.11. The van der Waals surface area contributed by atoms with Gasteiger partial charge in [-0.1, -0.05) is 0 Å². The molecule has 0 fully saturated rings. The first kappa shape index (κ1) is 10.4. The molecular weight excluding hydrogens is 204 g/mol. The van der Waals surface area contributed by atoms with Gasteiger partial charge in [-0.3, -0.25) is 0 Å². The Morgan fingerprint density at radius 1 is 1.44 bits per heavy atom. The third kappa shape index (κ3) is 1.57. The lowest BCUT2D eigenvalue weighted by molar-refractivity contribution is 0.158. The van der Waals surface area contributed by atoms with Crippen LogP contribution < -0.4 is 4.74 Å². The number of hydrogen-bond donors (Lipinski definition) is 0. The van der Waals surface area contributed by atoms with Crippen molar-refractivity contribution in [2.45, 2.75) is 19.4 Å². The lowest BCUT2D eigenvalue weighted by Crippen LogP contribution is -2.28. The maximum atomic E-state index is 10.6. The van der Waals surface area contributed by atoms with E-state index in [0.29, 0.717) is 22.6 Å². The number of nitrogens with zero attached hydrogens (tertiary/aromatic N) is 2. The normalized spacial score (nSPS) is 15.8. The van der Waals surface area contributed by atoms with Crippen molar-refractivity contribution in [3.8, 4) is 11.8 Å². The fraction of sp³-hybridized carbons (Fsp3) is 0.250. The largest absolute Gasteiger partial charge is 0.482 e. The van der Waals surface area contributed by atoms with Crippen LogP contribution in [0.25, 0.3) is 6.08 Å². The fourth-order valence-corrected chi connectivity index (χ4v) is 1.61. The van der Waals surface area contributed by atoms with E-state index in [0.717, 1.165) is 0 Å². The number of nitroso groups, excluding NO2 is 1. The third-order valence-electron chi connectivity index (χ3n) is 2.41. The second-order valence-corrected chi connectivity index (χ2v) is 4.12. The molecule has 0 saturated carbocycles. The van der Waals surface area contributed by atoms with Gasteiger partial charge in [-0.15, -0.1) is 4.91 Å². The molecule has 0 bridgehead atoms. The zero-order chi connectivity index (χ0) is 11.8. The van der Waals surface area contributed by atoms with E-state index in [1.54, 1.807) is 12.1 Å². The van der Waals surface area contributed by atoms with Crippen molar-refractivity contribution in [3.63, 3.8) is 0 Å². The maximum absolute atomic E-state index is 10.6. The fourth-order valence-electron chi connectivity index (χ4n) is 1.61. The molecule has 0 unspecified atom stereocenters. The zero-order valence-corrected chi connectivity index (χ0v) is 9.02. The van der Waals surface area contributed by atoms with Gasteiger partial charge in [-0.05, 0) is 43.3 Å². The Morgan fingerprint density at radius 2 is 2.19 bits per heavy atom. The summed E-state index contributed by atoms with van der Waals surface area (Å²) in [5.74, 6) is 0.437. The van der Waals surface area contributed by atoms with Crippen molar-refractivity contribution in [2.24, 2.45) is 5.18 Å². The van der Waals surface area contributed by atoms with Crippen LogP contribution in [0.3, 0.4) is 0 Å². The Morgan fingerprint density at radius 3 is 2.81 bits per heavy atom. The zero-order valence-electron chi connectivity index (χ0n) is 9.02. The Kier molecular flexibility index (Phi) is 2.24. The first-order valence-electron chi connectivity index (χ1n) is 4.86. The smallest absolute Gasteiger partial charge is 0.147 e. The Labute approximate surface area is 93.1 Å². The van der Waals surface area contributed by atoms with Crippen LogP contribution in [0.5, 0.6) is 5.75 Å². The summed E-state index contributed by atoms with van der Waals surface area (Å²) >= 11 is 0. The van der Waals surface area contributed by atoms with Crippen LogP contribution in [0.4, 0.5) is 5.69 Å². The highest BCUT2D eigenvalue weighted by Gasteiger charge is 2.25. The average molecular weight is 214 g/mol. The molecule has 1 aliphatic rings. The monoisotopic (exact) mass is 214 g/mol. The van der Waals surface area contributed by atoms with Crippen LogP contribution in [0.2, 0.25) is 0 Å². The van der Waals surface area contributed by atoms with Gasteiger partial charge in [-0.25, -0.2) is 0 Å². The van der Waals surface area contributed by atoms with Crippen molar-refractivity contribution in [3.05, 3.63) is 34.2 Å². The van der Waals surface area contributed by atoms with E-state index in [1.807, 2.05) is 26.0 Å². The first-order chi connectivity index (χ1) is 7.57. The number of ether oxygens (including phenoxy) is 1. The van der Waals surface area contributed by atoms with Gasteiger partial charge in [0.2, 0.25) is 0 Å². The van der Waals surface area contributed by atoms with Gasteiger partial charge >= 0.3 is 0 Å². The van der Waals surface area contributed by atoms with E-state index in [4.69, 9.17) is 10.00 Å². The molecule has 80 valence electrons. The lowest BCUT2D eigenvalue weighted by atomic mass is 9.99. The number of fused-ring (bicyclic) bond motifs is 1. The number of hydrogen-bond acceptors (Lipinski definition) is 4. The van der Waals surface area contributed by atoms with Gasteiger partial charge < -0.3 is 4.74 Å². The van der Waals surface area contributed by atoms with Gasteiger partial charge in [0.05, 0.1) is 5.56 Å². The van der Waals surface area contributed by atoms with Crippen LogP contribution in [-0.2, 0) is 0 Å². The Hall–Kier alpha value is -2.15. The summed E-state index contributed by atoms with van der Waals surface area (Å²) < 4.78 is 5.68. The number of benzene rings is 1. The van der Waals surface area contributed by atoms with Crippen molar-refractivity contribution in [1.82, 2.24) is 0 Å². The summed E-state index contributed by atoms with van der Waals surface area (Å²) in [4.78, 5) is 10.6. The average Bonchev–Trinajstić information content (AvgIpc) is 2.26. The topological polar surface area (TPSA) is 62.5 Å². The molecular formula is C12H10N2O2. The Balaban J connectivity index is 2.68. The SMILES string of the molecule is CC1(C)C=Cc2c(N=O)ccc(C#N)c2O1. The van der Waals surface area contributed by atoms with Gasteiger partial charge in [0.15, 0.2) is 0 Å². The van der Waals surface area contributed by atoms with E-state index >= 15 is 0 Å². The highest BCUT2D eigenvalue weighted by Crippen LogP contribution is 2.39. The maximum Gasteiger partial charge on any atom is 0.147 e. The molecule has 0 atom stereocenters. The van der Waals surface area contributed by atoms with Gasteiger partial charge in [-0.2, -0.15) is 5.26 Å². The second kappa shape index (κ2) is 3.46. The molecule has 0 spiro atoms. The summed E-state index contributed by atoms with van der Waals surface area (Å²) in [7, 11) is 0. The predicted molar refractivity (Wildman–Crippen MR) is 60.4 cm³/mol. The Bertz CT molecular complexity index is 525. The van der Waals surface area contributed by atoms with Gasteiger partial charge in [0, 0.05) is 5.56 Å². The summed E-state index contributed by atoms with van der Waals surface area (Å²) in [5, 5.41) is 11.9. The number of nitriles is 1. The molecule has 1 aliphatic heterocycles. The number of rotatable bonds is 1. The van der Waals surface area contributed by atoms with Crippen LogP contribution in [0, 0.1) is 16.2 Å². The van der Waals surface area contributed by atoms with Crippen molar-refractivity contribution in [1.29, 1.82) is 5.26 Å². The third-order valence-corrected chi connectivity index (χ3v) is 2.41. The second-order valence-electron chi connectivity index (χ2n) is 4.12. The predicted octanol–water partition coefficient (Wildman–Crippen LogP) is 3.14. The van der Waals surface area contributed by atoms with E-state index in [2.05, 4.69) is 5.18 Å². The van der Waals surface area contributed by atoms with Crippen LogP contribution in [0.15, 0.2) is 23.4 Å². The molecule has 4 heteroatoms. The molecule has 0 aliphatic carbocycles. The molecule has 0 amide bonds. The van der Waals surface area contributed by atoms with E-state index in [9.17, 15) is 4.91 Å². The van der Waals surface area contributed by atoms with E-state index < -0.39 is 5.60 Å². The molecule has 0 N–H and O–H groups in total. The highest BCUT2D eigenvalue weighted by atomic mass is 16.5. The molecule has 16 heavy (non-hydrogen) atoms. The first-order valence-corrected chi connectivity index (χ1v) is 4.86. The molecule has 0 saturated heterocycles. The minimum Gasteiger partial charge on any atom is -0.482 e. The summed E-state index contributed by atoms with van der Waals surface area (Å²) in [6.07, 6.45) is 3.61. The van der Waals surface area contributed by atoms with Crippen LogP contribution >= 0.6 is 0 Å². The van der Waals surface area contributed by atoms with Crippen LogP contribution in [0.1, 0.15) is 25.0 Å². The quantitative estimate of drug-likeness (QED) is 0.674. The molecule has 1 heterocycles. The molecule has 1 aromatic rings. The van der Waals surface area contributed by atoms with Gasteiger partial charge in [0.1, 0.15) is 23.1 Å². The van der Waals surface area contributed by atoms with Crippen LogP contribution in [-0.4, -0.2) is 5.60 Å². The summed E-state index contributed by atoms with van der Waals surface area (Å²) in [6.45, 7) is 3.77. The van der Waals surface area contributed by atoms with Gasteiger partial charge in [0.25, 0.3) is 0 Å². The molecule has 1 aromatic carbocycles. The van der Waals surface area contributed by atoms with Crippen molar-refractivity contribution in [2.75, 3.05) is 0 Å². The van der Waals surface area contributed by atoms with E-state index in [1.165, 1.54) is 6.07 Å². The minimum absolute atomic E-state index is 0.292. The van der Waals surface area contributed by atoms with Crippen molar-refractivity contribution < 1.29 is 4.74 Å². The van der Waals surface area contributed by atoms with Crippen molar-refractivity contribution >= 4 is 11.8 Å². The molecule has 0 radical (unpaired) electrons. The minimum atomic E-state index is -0.472. The lowest BCUT2D eigenvalue weighted by Gasteiger charge is -2.28. The highest BCUT2D eigenvalue weighted by molar-refractivity contribution is 5.75. The summed E-state index contributed by atoms with van der Waals surface area (Å²) in [5.41, 5.74) is 0.814. The molecule has 2 rings (SSSR count). The molecule has 0 aromatic heterocycles. The molecule has 4 nitrogen and oxygen atoms in total. The van der Waals surface area contributed by atoms with E-state index in [-0.39, 0.29) is 0 Å².